The van der Waals surface area contributed by atoms with Gasteiger partial charge in [-0.1, -0.05) is 0 Å². The minimum Gasteiger partial charge on any atom is -0.481 e. The molecule has 0 aromatic heterocycles. The van der Waals surface area contributed by atoms with E-state index in [-0.39, 0.29) is 24.1 Å². The number of carbonyl (C=O) groups is 3. The van der Waals surface area contributed by atoms with Crippen molar-refractivity contribution < 1.29 is 29.2 Å². The number of hydrogen-bond acceptors (Lipinski definition) is 7. The molecule has 0 saturated heterocycles. The van der Waals surface area contributed by atoms with Crippen LogP contribution in [-0.4, -0.2) is 34.0 Å². The molecule has 0 heterocycles. The fourth-order valence-corrected chi connectivity index (χ4v) is 1.34. The van der Waals surface area contributed by atoms with Crippen LogP contribution in [0.25, 0.3) is 0 Å². The lowest BCUT2D eigenvalue weighted by atomic mass is 10.1. The Morgan fingerprint density at radius 2 is 1.86 bits per heavy atom. The largest absolute Gasteiger partial charge is 0.481 e. The normalized spacial score (nSPS) is 11.5. The van der Waals surface area contributed by atoms with Crippen molar-refractivity contribution in [2.75, 3.05) is 0 Å². The molecule has 3 N–H and O–H groups in total. The first-order valence-electron chi connectivity index (χ1n) is 5.79. The van der Waals surface area contributed by atoms with Gasteiger partial charge in [-0.25, -0.2) is 9.59 Å². The van der Waals surface area contributed by atoms with Crippen molar-refractivity contribution in [3.63, 3.8) is 0 Å². The van der Waals surface area contributed by atoms with Gasteiger partial charge in [0.1, 0.15) is 6.04 Å². The van der Waals surface area contributed by atoms with Gasteiger partial charge in [0.25, 0.3) is 5.69 Å². The van der Waals surface area contributed by atoms with Crippen LogP contribution in [0.2, 0.25) is 0 Å². The molecule has 1 atom stereocenters. The van der Waals surface area contributed by atoms with Gasteiger partial charge in [0, 0.05) is 18.6 Å². The molecule has 0 aliphatic rings. The second-order valence-electron chi connectivity index (χ2n) is 4.05. The Labute approximate surface area is 118 Å². The molecule has 1 aromatic rings. The number of hydrogen-bond donors (Lipinski definition) is 2. The number of nitro groups is 1. The number of carboxylic acid groups (broad SMARTS) is 1. The fraction of sp³-hybridized carbons (Fsp3) is 0.250. The summed E-state index contributed by atoms with van der Waals surface area (Å²) in [6, 6.07) is 3.22. The van der Waals surface area contributed by atoms with Crippen LogP contribution in [0.5, 0.6) is 0 Å². The molecule has 9 heteroatoms. The highest BCUT2D eigenvalue weighted by atomic mass is 16.6. The second-order valence-corrected chi connectivity index (χ2v) is 4.05. The topological polar surface area (TPSA) is 150 Å². The van der Waals surface area contributed by atoms with Gasteiger partial charge in [-0.2, -0.15) is 0 Å². The molecule has 1 unspecified atom stereocenters. The van der Waals surface area contributed by atoms with Crippen molar-refractivity contribution in [1.29, 1.82) is 0 Å². The Balaban J connectivity index is 2.61. The summed E-state index contributed by atoms with van der Waals surface area (Å²) in [6.45, 7) is 0. The summed E-state index contributed by atoms with van der Waals surface area (Å²) in [5, 5.41) is 18.9. The molecule has 0 saturated carbocycles. The number of nitrogens with two attached hydrogens (primary N) is 1. The van der Waals surface area contributed by atoms with Crippen LogP contribution in [0.4, 0.5) is 5.69 Å². The van der Waals surface area contributed by atoms with E-state index in [1.165, 1.54) is 0 Å². The van der Waals surface area contributed by atoms with E-state index in [1.807, 2.05) is 0 Å². The predicted molar refractivity (Wildman–Crippen MR) is 68.4 cm³/mol. The zero-order chi connectivity index (χ0) is 16.0. The summed E-state index contributed by atoms with van der Waals surface area (Å²) in [4.78, 5) is 43.2. The molecule has 112 valence electrons. The lowest BCUT2D eigenvalue weighted by Gasteiger charge is -2.08. The minimum atomic E-state index is -1.23. The number of benzene rings is 1. The van der Waals surface area contributed by atoms with Crippen LogP contribution < -0.4 is 5.73 Å². The molecule has 0 spiro atoms. The summed E-state index contributed by atoms with van der Waals surface area (Å²) in [6.07, 6.45) is -0.496. The summed E-state index contributed by atoms with van der Waals surface area (Å²) in [5.41, 5.74) is 5.11. The van der Waals surface area contributed by atoms with E-state index >= 15 is 0 Å². The maximum absolute atomic E-state index is 11.6. The maximum atomic E-state index is 11.6. The van der Waals surface area contributed by atoms with E-state index in [0.29, 0.717) is 0 Å². The van der Waals surface area contributed by atoms with Crippen molar-refractivity contribution in [3.05, 3.63) is 39.9 Å². The molecule has 0 fully saturated rings. The molecule has 1 aromatic carbocycles. The standard InChI is InChI=1S/C12H12N2O7/c13-9(5-6-10(15)16)12(18)21-11(17)7-1-3-8(4-2-7)14(19)20/h1-4,9H,5-6,13H2,(H,15,16). The Kier molecular flexibility index (Phi) is 5.49. The quantitative estimate of drug-likeness (QED) is 0.333. The van der Waals surface area contributed by atoms with Crippen LogP contribution in [0.15, 0.2) is 24.3 Å². The van der Waals surface area contributed by atoms with Gasteiger partial charge >= 0.3 is 17.9 Å². The van der Waals surface area contributed by atoms with Gasteiger partial charge in [-0.3, -0.25) is 14.9 Å². The van der Waals surface area contributed by atoms with E-state index in [0.717, 1.165) is 24.3 Å². The maximum Gasteiger partial charge on any atom is 0.345 e. The summed E-state index contributed by atoms with van der Waals surface area (Å²) in [7, 11) is 0. The van der Waals surface area contributed by atoms with E-state index in [2.05, 4.69) is 4.74 Å². The van der Waals surface area contributed by atoms with Crippen molar-refractivity contribution in [2.45, 2.75) is 18.9 Å². The number of carbonyl (C=O) groups excluding carboxylic acids is 2. The molecule has 0 aliphatic carbocycles. The highest BCUT2D eigenvalue weighted by molar-refractivity contribution is 5.98. The highest BCUT2D eigenvalue weighted by Gasteiger charge is 2.21. The van der Waals surface area contributed by atoms with Gasteiger partial charge in [-0.05, 0) is 18.6 Å². The number of aliphatic carboxylic acids is 1. The molecule has 0 amide bonds. The number of esters is 2. The highest BCUT2D eigenvalue weighted by Crippen LogP contribution is 2.13. The lowest BCUT2D eigenvalue weighted by Crippen LogP contribution is -2.34. The zero-order valence-corrected chi connectivity index (χ0v) is 10.7. The Hall–Kier alpha value is -2.81. The third-order valence-corrected chi connectivity index (χ3v) is 2.48. The molecule has 0 radical (unpaired) electrons. The van der Waals surface area contributed by atoms with Crippen LogP contribution >= 0.6 is 0 Å². The van der Waals surface area contributed by atoms with Gasteiger partial charge in [-0.15, -0.1) is 0 Å². The Morgan fingerprint density at radius 3 is 2.33 bits per heavy atom. The first kappa shape index (κ1) is 16.2. The van der Waals surface area contributed by atoms with Gasteiger partial charge in [0.05, 0.1) is 10.5 Å². The smallest absolute Gasteiger partial charge is 0.345 e. The Morgan fingerprint density at radius 1 is 1.29 bits per heavy atom. The van der Waals surface area contributed by atoms with Crippen LogP contribution in [0, 0.1) is 10.1 Å². The van der Waals surface area contributed by atoms with Crippen molar-refractivity contribution >= 4 is 23.6 Å². The predicted octanol–water partition coefficient (Wildman–Crippen LogP) is 0.470. The number of non-ortho nitro benzene ring substituents is 1. The van der Waals surface area contributed by atoms with Crippen LogP contribution in [0.3, 0.4) is 0 Å². The molecule has 9 nitrogen and oxygen atoms in total. The fourth-order valence-electron chi connectivity index (χ4n) is 1.34. The molecule has 21 heavy (non-hydrogen) atoms. The average molecular weight is 296 g/mol. The average Bonchev–Trinajstić information content (AvgIpc) is 2.44. The monoisotopic (exact) mass is 296 g/mol. The molecule has 1 rings (SSSR count). The molecular formula is C12H12N2O7. The van der Waals surface area contributed by atoms with Crippen LogP contribution in [0.1, 0.15) is 23.2 Å². The summed E-state index contributed by atoms with van der Waals surface area (Å²) >= 11 is 0. The van der Waals surface area contributed by atoms with Gasteiger partial charge in [0.15, 0.2) is 0 Å². The zero-order valence-electron chi connectivity index (χ0n) is 10.7. The van der Waals surface area contributed by atoms with E-state index in [9.17, 15) is 24.5 Å². The number of ether oxygens (including phenoxy) is 1. The van der Waals surface area contributed by atoms with E-state index < -0.39 is 28.9 Å². The molecule has 0 bridgehead atoms. The number of rotatable bonds is 6. The first-order valence-corrected chi connectivity index (χ1v) is 5.79. The van der Waals surface area contributed by atoms with Gasteiger partial charge in [0.2, 0.25) is 0 Å². The van der Waals surface area contributed by atoms with E-state index in [1.54, 1.807) is 0 Å². The first-order chi connectivity index (χ1) is 9.81. The third kappa shape index (κ3) is 4.99. The lowest BCUT2D eigenvalue weighted by molar-refractivity contribution is -0.384. The summed E-state index contributed by atoms with van der Waals surface area (Å²) < 4.78 is 4.47. The molecular weight excluding hydrogens is 284 g/mol. The summed E-state index contributed by atoms with van der Waals surface area (Å²) in [5.74, 6) is -3.19. The number of carboxylic acids is 1. The van der Waals surface area contributed by atoms with Crippen LogP contribution in [-0.2, 0) is 14.3 Å². The van der Waals surface area contributed by atoms with Crippen molar-refractivity contribution in [3.8, 4) is 0 Å². The SMILES string of the molecule is NC(CCC(=O)O)C(=O)OC(=O)c1ccc([N+](=O)[O-])cc1. The molecule has 0 aliphatic heterocycles. The second kappa shape index (κ2) is 7.10. The number of nitrogens with zero attached hydrogens (tertiary/aromatic N) is 1. The van der Waals surface area contributed by atoms with Crippen molar-refractivity contribution in [1.82, 2.24) is 0 Å². The third-order valence-electron chi connectivity index (χ3n) is 2.48. The minimum absolute atomic E-state index is 0.0561. The van der Waals surface area contributed by atoms with Crippen molar-refractivity contribution in [2.24, 2.45) is 5.73 Å². The van der Waals surface area contributed by atoms with Gasteiger partial charge < -0.3 is 15.6 Å². The van der Waals surface area contributed by atoms with E-state index in [4.69, 9.17) is 10.8 Å². The Bertz CT molecular complexity index is 567. The number of nitro benzene ring substituents is 1.